The number of halogens is 1. The summed E-state index contributed by atoms with van der Waals surface area (Å²) in [6.45, 7) is 5.09. The number of aryl methyl sites for hydroxylation is 3. The van der Waals surface area contributed by atoms with Crippen molar-refractivity contribution in [1.82, 2.24) is 29.1 Å². The van der Waals surface area contributed by atoms with Gasteiger partial charge in [-0.15, -0.1) is 5.10 Å². The number of hydrogen-bond acceptors (Lipinski definition) is 8. The second kappa shape index (κ2) is 8.44. The molecule has 0 aliphatic heterocycles. The number of anilines is 1. The van der Waals surface area contributed by atoms with Crippen LogP contribution in [0.5, 0.6) is 0 Å². The van der Waals surface area contributed by atoms with Gasteiger partial charge in [0.15, 0.2) is 11.5 Å². The monoisotopic (exact) mass is 475 g/mol. The number of rotatable bonds is 5. The molecule has 0 radical (unpaired) electrons. The molecule has 35 heavy (non-hydrogen) atoms. The van der Waals surface area contributed by atoms with E-state index in [0.717, 1.165) is 0 Å². The molecule has 5 rings (SSSR count). The molecule has 5 aromatic rings. The highest BCUT2D eigenvalue weighted by Gasteiger charge is 2.23. The zero-order valence-corrected chi connectivity index (χ0v) is 19.3. The fourth-order valence-corrected chi connectivity index (χ4v) is 4.11. The molecule has 0 saturated carbocycles. The number of nitrogen functional groups attached to an aromatic ring is 1. The van der Waals surface area contributed by atoms with Crippen LogP contribution in [-0.2, 0) is 13.2 Å². The SMILES string of the molecule is Cc1cc(-c2c(-c3ccc(F)cc3)nc(N)n3c(=O)n(Cc4nc(C)oc4C)nc23)cc(CO)n1. The maximum absolute atomic E-state index is 13.7. The summed E-state index contributed by atoms with van der Waals surface area (Å²) in [7, 11) is 0. The van der Waals surface area contributed by atoms with Crippen LogP contribution in [0.3, 0.4) is 0 Å². The van der Waals surface area contributed by atoms with Crippen molar-refractivity contribution in [3.63, 3.8) is 0 Å². The van der Waals surface area contributed by atoms with Crippen LogP contribution in [0, 0.1) is 26.6 Å². The quantitative estimate of drug-likeness (QED) is 0.396. The lowest BCUT2D eigenvalue weighted by Gasteiger charge is -2.13. The van der Waals surface area contributed by atoms with E-state index in [0.29, 0.717) is 51.1 Å². The van der Waals surface area contributed by atoms with Crippen molar-refractivity contribution in [1.29, 1.82) is 0 Å². The number of hydrogen-bond donors (Lipinski definition) is 2. The zero-order valence-electron chi connectivity index (χ0n) is 19.3. The van der Waals surface area contributed by atoms with Crippen molar-refractivity contribution in [3.05, 3.63) is 81.4 Å². The highest BCUT2D eigenvalue weighted by atomic mass is 19.1. The maximum atomic E-state index is 13.7. The van der Waals surface area contributed by atoms with Crippen molar-refractivity contribution >= 4 is 11.6 Å². The third kappa shape index (κ3) is 3.95. The molecule has 11 heteroatoms. The van der Waals surface area contributed by atoms with Crippen LogP contribution < -0.4 is 11.4 Å². The van der Waals surface area contributed by atoms with Crippen molar-refractivity contribution < 1.29 is 13.9 Å². The molecule has 1 aromatic carbocycles. The Labute approximate surface area is 198 Å². The molecule has 0 amide bonds. The van der Waals surface area contributed by atoms with Gasteiger partial charge in [0.1, 0.15) is 17.3 Å². The summed E-state index contributed by atoms with van der Waals surface area (Å²) in [5.41, 5.74) is 9.79. The molecule has 0 fully saturated rings. The van der Waals surface area contributed by atoms with Crippen molar-refractivity contribution in [2.45, 2.75) is 33.9 Å². The Balaban J connectivity index is 1.82. The molecule has 3 N–H and O–H groups in total. The lowest BCUT2D eigenvalue weighted by molar-refractivity contribution is 0.276. The molecule has 0 spiro atoms. The number of aliphatic hydroxyl groups is 1. The number of nitrogens with two attached hydrogens (primary N) is 1. The van der Waals surface area contributed by atoms with E-state index in [-0.39, 0.29) is 24.7 Å². The number of oxazole rings is 1. The van der Waals surface area contributed by atoms with Crippen LogP contribution in [0.15, 0.2) is 45.6 Å². The van der Waals surface area contributed by atoms with Gasteiger partial charge in [0.2, 0.25) is 5.95 Å². The van der Waals surface area contributed by atoms with Gasteiger partial charge in [0.25, 0.3) is 0 Å². The Morgan fingerprint density at radius 3 is 2.46 bits per heavy atom. The van der Waals surface area contributed by atoms with Gasteiger partial charge < -0.3 is 15.3 Å². The van der Waals surface area contributed by atoms with Crippen LogP contribution in [0.2, 0.25) is 0 Å². The van der Waals surface area contributed by atoms with E-state index in [9.17, 15) is 14.3 Å². The Hall–Kier alpha value is -4.38. The van der Waals surface area contributed by atoms with Crippen molar-refractivity contribution in [3.8, 4) is 22.4 Å². The molecule has 0 aliphatic rings. The van der Waals surface area contributed by atoms with Gasteiger partial charge in [-0.2, -0.15) is 0 Å². The van der Waals surface area contributed by atoms with E-state index in [4.69, 9.17) is 10.2 Å². The zero-order chi connectivity index (χ0) is 24.9. The van der Waals surface area contributed by atoms with Gasteiger partial charge in [-0.3, -0.25) is 4.98 Å². The predicted molar refractivity (Wildman–Crippen MR) is 126 cm³/mol. The van der Waals surface area contributed by atoms with Crippen LogP contribution >= 0.6 is 0 Å². The lowest BCUT2D eigenvalue weighted by Crippen LogP contribution is -2.24. The van der Waals surface area contributed by atoms with Crippen LogP contribution in [0.4, 0.5) is 10.3 Å². The first-order valence-electron chi connectivity index (χ1n) is 10.8. The molecular formula is C24H22FN7O3. The van der Waals surface area contributed by atoms with Gasteiger partial charge in [-0.05, 0) is 55.8 Å². The number of benzene rings is 1. The molecule has 10 nitrogen and oxygen atoms in total. The Morgan fingerprint density at radius 1 is 1.06 bits per heavy atom. The highest BCUT2D eigenvalue weighted by molar-refractivity contribution is 5.90. The number of nitrogens with zero attached hydrogens (tertiary/aromatic N) is 6. The van der Waals surface area contributed by atoms with Crippen LogP contribution in [0.1, 0.15) is 28.7 Å². The van der Waals surface area contributed by atoms with E-state index in [1.54, 1.807) is 45.0 Å². The van der Waals surface area contributed by atoms with E-state index < -0.39 is 11.5 Å². The average molecular weight is 475 g/mol. The lowest BCUT2D eigenvalue weighted by atomic mass is 9.99. The van der Waals surface area contributed by atoms with Gasteiger partial charge in [0, 0.05) is 18.2 Å². The molecule has 0 atom stereocenters. The Bertz CT molecular complexity index is 1630. The van der Waals surface area contributed by atoms with Gasteiger partial charge >= 0.3 is 5.69 Å². The topological polar surface area (TPSA) is 137 Å². The largest absolute Gasteiger partial charge is 0.446 e. The van der Waals surface area contributed by atoms with Gasteiger partial charge in [0.05, 0.1) is 30.1 Å². The van der Waals surface area contributed by atoms with Gasteiger partial charge in [-0.1, -0.05) is 0 Å². The minimum absolute atomic E-state index is 0.0689. The standard InChI is InChI=1S/C24H22FN7O3/c1-12-8-16(9-18(11-33)27-12)20-21(15-4-6-17(25)7-5-15)29-23(26)32-22(20)30-31(24(32)34)10-19-13(2)35-14(3)28-19/h4-9,33H,10-11H2,1-3H3,(H2,26,29). The molecular weight excluding hydrogens is 453 g/mol. The summed E-state index contributed by atoms with van der Waals surface area (Å²) in [5, 5.41) is 14.3. The van der Waals surface area contributed by atoms with E-state index in [1.807, 2.05) is 0 Å². The minimum Gasteiger partial charge on any atom is -0.446 e. The molecule has 4 aromatic heterocycles. The minimum atomic E-state index is -0.495. The first-order chi connectivity index (χ1) is 16.7. The van der Waals surface area contributed by atoms with E-state index >= 15 is 0 Å². The molecule has 0 bridgehead atoms. The average Bonchev–Trinajstić information content (AvgIpc) is 3.31. The molecule has 0 aliphatic carbocycles. The molecule has 4 heterocycles. The Kier molecular flexibility index (Phi) is 5.40. The molecule has 0 unspecified atom stereocenters. The number of fused-ring (bicyclic) bond motifs is 1. The smallest absolute Gasteiger partial charge is 0.353 e. The third-order valence-corrected chi connectivity index (χ3v) is 5.63. The first-order valence-corrected chi connectivity index (χ1v) is 10.8. The summed E-state index contributed by atoms with van der Waals surface area (Å²) >= 11 is 0. The molecule has 0 saturated heterocycles. The summed E-state index contributed by atoms with van der Waals surface area (Å²) in [4.78, 5) is 26.5. The second-order valence-corrected chi connectivity index (χ2v) is 8.18. The van der Waals surface area contributed by atoms with Crippen LogP contribution in [0.25, 0.3) is 28.0 Å². The predicted octanol–water partition coefficient (Wildman–Crippen LogP) is 2.80. The fraction of sp³-hybridized carbons (Fsp3) is 0.208. The van der Waals surface area contributed by atoms with Gasteiger partial charge in [-0.25, -0.2) is 28.2 Å². The van der Waals surface area contributed by atoms with Crippen molar-refractivity contribution in [2.24, 2.45) is 0 Å². The summed E-state index contributed by atoms with van der Waals surface area (Å²) in [5.74, 6) is 0.603. The van der Waals surface area contributed by atoms with Crippen LogP contribution in [-0.4, -0.2) is 34.2 Å². The van der Waals surface area contributed by atoms with E-state index in [2.05, 4.69) is 20.1 Å². The number of pyridine rings is 1. The molecule has 178 valence electrons. The fourth-order valence-electron chi connectivity index (χ4n) is 4.11. The first kappa shape index (κ1) is 22.4. The van der Waals surface area contributed by atoms with Crippen molar-refractivity contribution in [2.75, 3.05) is 5.73 Å². The maximum Gasteiger partial charge on any atom is 0.353 e. The highest BCUT2D eigenvalue weighted by Crippen LogP contribution is 2.35. The summed E-state index contributed by atoms with van der Waals surface area (Å²) in [6, 6.07) is 9.29. The third-order valence-electron chi connectivity index (χ3n) is 5.63. The second-order valence-electron chi connectivity index (χ2n) is 8.18. The number of aromatic nitrogens is 6. The summed E-state index contributed by atoms with van der Waals surface area (Å²) < 4.78 is 21.6. The summed E-state index contributed by atoms with van der Waals surface area (Å²) in [6.07, 6.45) is 0. The number of aliphatic hydroxyl groups excluding tert-OH is 1. The van der Waals surface area contributed by atoms with E-state index in [1.165, 1.54) is 21.2 Å². The normalized spacial score (nSPS) is 11.5. The Morgan fingerprint density at radius 2 is 1.80 bits per heavy atom.